The Kier molecular flexibility index (Phi) is 5.91. The second-order valence-electron chi connectivity index (χ2n) is 10.2. The van der Waals surface area contributed by atoms with Crippen LogP contribution < -0.4 is 0 Å². The van der Waals surface area contributed by atoms with Crippen molar-refractivity contribution in [2.24, 2.45) is 7.05 Å². The number of carbonyl (C=O) groups excluding carboxylic acids is 1. The molecule has 0 saturated heterocycles. The van der Waals surface area contributed by atoms with Crippen LogP contribution in [-0.2, 0) is 17.3 Å². The van der Waals surface area contributed by atoms with Gasteiger partial charge in [-0.15, -0.1) is 0 Å². The second kappa shape index (κ2) is 8.99. The number of hydrogen-bond donors (Lipinski definition) is 1. The van der Waals surface area contributed by atoms with E-state index in [2.05, 4.69) is 6.58 Å². The fourth-order valence-electron chi connectivity index (χ4n) is 5.32. The van der Waals surface area contributed by atoms with E-state index in [0.717, 1.165) is 22.2 Å². The standard InChI is InChI=1S/C32H28N2O4/c1-19-11-9-10-14-25(19)32(3,4)20(2)17-24-30(35)28(31(24)36)27-23-18-22(34(37)38)15-16-26(23)33(5)29(27)21-12-7-6-8-13-21/h6-18,35H,2H2,1,3-5H3/b24-17-. The molecule has 0 fully saturated rings. The van der Waals surface area contributed by atoms with E-state index in [0.29, 0.717) is 22.2 Å². The van der Waals surface area contributed by atoms with Gasteiger partial charge in [0.15, 0.2) is 0 Å². The lowest BCUT2D eigenvalue weighted by Crippen LogP contribution is -2.25. The van der Waals surface area contributed by atoms with Crippen molar-refractivity contribution in [1.29, 1.82) is 0 Å². The molecule has 6 nitrogen and oxygen atoms in total. The summed E-state index contributed by atoms with van der Waals surface area (Å²) >= 11 is 0. The van der Waals surface area contributed by atoms with E-state index in [9.17, 15) is 20.0 Å². The number of Topliss-reactive ketones (excluding diaryl/α,β-unsaturated/α-hetero) is 1. The van der Waals surface area contributed by atoms with Crippen molar-refractivity contribution in [3.8, 4) is 11.3 Å². The molecule has 0 saturated carbocycles. The Morgan fingerprint density at radius 2 is 1.71 bits per heavy atom. The van der Waals surface area contributed by atoms with Crippen LogP contribution in [0.1, 0.15) is 30.5 Å². The Morgan fingerprint density at radius 1 is 1.05 bits per heavy atom. The fourth-order valence-corrected chi connectivity index (χ4v) is 5.32. The van der Waals surface area contributed by atoms with Crippen LogP contribution in [0.5, 0.6) is 0 Å². The highest BCUT2D eigenvalue weighted by Gasteiger charge is 2.39. The molecule has 4 aromatic rings. The van der Waals surface area contributed by atoms with E-state index in [-0.39, 0.29) is 28.4 Å². The number of non-ortho nitro benzene ring substituents is 1. The van der Waals surface area contributed by atoms with Gasteiger partial charge in [-0.05, 0) is 41.3 Å². The molecule has 1 heterocycles. The predicted molar refractivity (Wildman–Crippen MR) is 151 cm³/mol. The molecule has 5 rings (SSSR count). The number of aromatic nitrogens is 1. The largest absolute Gasteiger partial charge is 0.506 e. The minimum Gasteiger partial charge on any atom is -0.506 e. The number of nitrogens with zero attached hydrogens (tertiary/aromatic N) is 2. The van der Waals surface area contributed by atoms with Crippen molar-refractivity contribution in [3.05, 3.63) is 129 Å². The highest BCUT2D eigenvalue weighted by molar-refractivity contribution is 6.41. The number of allylic oxidation sites excluding steroid dienone is 4. The molecule has 0 amide bonds. The number of nitro groups is 1. The van der Waals surface area contributed by atoms with Crippen LogP contribution in [-0.4, -0.2) is 20.4 Å². The van der Waals surface area contributed by atoms with E-state index in [1.165, 1.54) is 12.1 Å². The summed E-state index contributed by atoms with van der Waals surface area (Å²) in [6.07, 6.45) is 1.66. The number of aliphatic hydroxyl groups excluding tert-OH is 1. The molecule has 38 heavy (non-hydrogen) atoms. The minimum absolute atomic E-state index is 0.0834. The van der Waals surface area contributed by atoms with Gasteiger partial charge in [-0.25, -0.2) is 0 Å². The van der Waals surface area contributed by atoms with E-state index in [4.69, 9.17) is 0 Å². The van der Waals surface area contributed by atoms with Crippen molar-refractivity contribution in [1.82, 2.24) is 4.57 Å². The number of benzene rings is 3. The number of aryl methyl sites for hydroxylation is 2. The first-order valence-electron chi connectivity index (χ1n) is 12.3. The first-order chi connectivity index (χ1) is 18.0. The Hall–Kier alpha value is -4.71. The predicted octanol–water partition coefficient (Wildman–Crippen LogP) is 7.37. The van der Waals surface area contributed by atoms with Gasteiger partial charge in [0.05, 0.1) is 21.8 Å². The highest BCUT2D eigenvalue weighted by Crippen LogP contribution is 2.46. The van der Waals surface area contributed by atoms with Gasteiger partial charge in [0.25, 0.3) is 5.69 Å². The van der Waals surface area contributed by atoms with E-state index in [1.54, 1.807) is 12.1 Å². The zero-order chi connectivity index (χ0) is 27.4. The van der Waals surface area contributed by atoms with Gasteiger partial charge in [-0.3, -0.25) is 14.9 Å². The number of carbonyl (C=O) groups is 1. The monoisotopic (exact) mass is 504 g/mol. The van der Waals surface area contributed by atoms with E-state index >= 15 is 0 Å². The number of nitro benzene ring substituents is 1. The molecule has 0 atom stereocenters. The van der Waals surface area contributed by atoms with Crippen LogP contribution in [0.2, 0.25) is 0 Å². The zero-order valence-electron chi connectivity index (χ0n) is 21.8. The van der Waals surface area contributed by atoms with Crippen LogP contribution in [0.15, 0.2) is 102 Å². The molecular formula is C32H28N2O4. The van der Waals surface area contributed by atoms with Crippen molar-refractivity contribution >= 4 is 27.9 Å². The van der Waals surface area contributed by atoms with Gasteiger partial charge in [0.1, 0.15) is 5.76 Å². The molecule has 0 bridgehead atoms. The summed E-state index contributed by atoms with van der Waals surface area (Å²) in [6.45, 7) is 10.4. The molecule has 190 valence electrons. The van der Waals surface area contributed by atoms with Gasteiger partial charge in [0.2, 0.25) is 5.78 Å². The Labute approximate surface area is 221 Å². The van der Waals surface area contributed by atoms with Crippen LogP contribution in [0.4, 0.5) is 5.69 Å². The van der Waals surface area contributed by atoms with Crippen LogP contribution in [0.25, 0.3) is 27.7 Å². The summed E-state index contributed by atoms with van der Waals surface area (Å²) in [6, 6.07) is 22.1. The molecule has 0 spiro atoms. The van der Waals surface area contributed by atoms with Gasteiger partial charge in [-0.1, -0.05) is 75.0 Å². The normalized spacial score (nSPS) is 14.7. The van der Waals surface area contributed by atoms with Crippen LogP contribution in [0, 0.1) is 17.0 Å². The number of rotatable bonds is 6. The van der Waals surface area contributed by atoms with Crippen molar-refractivity contribution in [2.75, 3.05) is 0 Å². The average Bonchev–Trinajstić information content (AvgIpc) is 3.18. The number of fused-ring (bicyclic) bond motifs is 1. The summed E-state index contributed by atoms with van der Waals surface area (Å²) in [5, 5.41) is 23.4. The van der Waals surface area contributed by atoms with Gasteiger partial charge in [-0.2, -0.15) is 0 Å². The topological polar surface area (TPSA) is 85.4 Å². The third kappa shape index (κ3) is 3.77. The summed E-state index contributed by atoms with van der Waals surface area (Å²) in [7, 11) is 1.85. The maximum atomic E-state index is 13.6. The second-order valence-corrected chi connectivity index (χ2v) is 10.2. The molecule has 1 aromatic heterocycles. The van der Waals surface area contributed by atoms with Crippen LogP contribution >= 0.6 is 0 Å². The summed E-state index contributed by atoms with van der Waals surface area (Å²) in [5.74, 6) is -0.451. The molecule has 0 radical (unpaired) electrons. The molecular weight excluding hydrogens is 476 g/mol. The van der Waals surface area contributed by atoms with Crippen LogP contribution in [0.3, 0.4) is 0 Å². The fraction of sp³-hybridized carbons (Fsp3) is 0.156. The quantitative estimate of drug-likeness (QED) is 0.169. The number of ketones is 1. The lowest BCUT2D eigenvalue weighted by molar-refractivity contribution is -0.384. The summed E-state index contributed by atoms with van der Waals surface area (Å²) in [4.78, 5) is 24.7. The SMILES string of the molecule is C=C(/C=C1\C(=O)C(c2c(-c3ccccc3)n(C)c3ccc([N+](=O)[O-])cc23)=C1O)C(C)(C)c1ccccc1C. The Bertz CT molecular complexity index is 1720. The lowest BCUT2D eigenvalue weighted by Gasteiger charge is -2.30. The van der Waals surface area contributed by atoms with Gasteiger partial charge in [0, 0.05) is 41.1 Å². The maximum absolute atomic E-state index is 13.6. The zero-order valence-corrected chi connectivity index (χ0v) is 21.8. The molecule has 1 aliphatic rings. The highest BCUT2D eigenvalue weighted by atomic mass is 16.6. The Balaban J connectivity index is 1.69. The molecule has 3 aromatic carbocycles. The number of hydrogen-bond acceptors (Lipinski definition) is 4. The molecule has 1 N–H and O–H groups in total. The van der Waals surface area contributed by atoms with Crippen molar-refractivity contribution in [3.63, 3.8) is 0 Å². The first kappa shape index (κ1) is 25.0. The smallest absolute Gasteiger partial charge is 0.270 e. The molecule has 1 aliphatic carbocycles. The molecule has 0 unspecified atom stereocenters. The third-order valence-corrected chi connectivity index (χ3v) is 7.59. The minimum atomic E-state index is -0.468. The third-order valence-electron chi connectivity index (χ3n) is 7.59. The molecule has 6 heteroatoms. The summed E-state index contributed by atoms with van der Waals surface area (Å²) < 4.78 is 1.90. The molecule has 0 aliphatic heterocycles. The maximum Gasteiger partial charge on any atom is 0.270 e. The van der Waals surface area contributed by atoms with Gasteiger partial charge < -0.3 is 9.67 Å². The average molecular weight is 505 g/mol. The van der Waals surface area contributed by atoms with E-state index in [1.807, 2.05) is 87.0 Å². The Morgan fingerprint density at radius 3 is 2.34 bits per heavy atom. The number of aliphatic hydroxyl groups is 1. The van der Waals surface area contributed by atoms with Crippen molar-refractivity contribution < 1.29 is 14.8 Å². The summed E-state index contributed by atoms with van der Waals surface area (Å²) in [5.41, 5.74) is 5.43. The van der Waals surface area contributed by atoms with Gasteiger partial charge >= 0.3 is 0 Å². The first-order valence-corrected chi connectivity index (χ1v) is 12.3. The lowest BCUT2D eigenvalue weighted by atomic mass is 9.73. The van der Waals surface area contributed by atoms with E-state index < -0.39 is 10.3 Å². The van der Waals surface area contributed by atoms with Crippen molar-refractivity contribution in [2.45, 2.75) is 26.2 Å².